The van der Waals surface area contributed by atoms with Crippen molar-refractivity contribution in [3.63, 3.8) is 0 Å². The van der Waals surface area contributed by atoms with Gasteiger partial charge in [-0.1, -0.05) is 109 Å². The molecule has 0 saturated carbocycles. The Labute approximate surface area is 329 Å². The van der Waals surface area contributed by atoms with Crippen LogP contribution in [0.5, 0.6) is 0 Å². The second kappa shape index (κ2) is 12.4. The van der Waals surface area contributed by atoms with Crippen molar-refractivity contribution < 1.29 is 4.42 Å². The summed E-state index contributed by atoms with van der Waals surface area (Å²) in [6, 6.07) is 65.6. The molecule has 56 heavy (non-hydrogen) atoms. The summed E-state index contributed by atoms with van der Waals surface area (Å²) in [7, 11) is 0. The van der Waals surface area contributed by atoms with Gasteiger partial charge in [-0.05, 0) is 100 Å². The molecule has 9 aromatic carbocycles. The average molecular weight is 751 g/mol. The highest BCUT2D eigenvalue weighted by Crippen LogP contribution is 2.44. The van der Waals surface area contributed by atoms with Crippen molar-refractivity contribution in [1.82, 2.24) is 4.98 Å². The first-order valence-corrected chi connectivity index (χ1v) is 20.4. The van der Waals surface area contributed by atoms with E-state index < -0.39 is 0 Å². The van der Waals surface area contributed by atoms with E-state index in [-0.39, 0.29) is 0 Å². The monoisotopic (exact) mass is 750 g/mol. The molecule has 0 aliphatic carbocycles. The molecule has 0 aliphatic rings. The van der Waals surface area contributed by atoms with E-state index in [4.69, 9.17) is 9.40 Å². The fourth-order valence-corrected chi connectivity index (χ4v) is 10.6. The molecule has 0 unspecified atom stereocenters. The summed E-state index contributed by atoms with van der Waals surface area (Å²) in [5.41, 5.74) is 9.64. The Kier molecular flexibility index (Phi) is 6.97. The number of hydrogen-bond donors (Lipinski definition) is 0. The fourth-order valence-electron chi connectivity index (χ4n) is 8.37. The molecule has 0 bridgehead atoms. The van der Waals surface area contributed by atoms with Crippen molar-refractivity contribution in [2.24, 2.45) is 0 Å². The van der Waals surface area contributed by atoms with Crippen molar-refractivity contribution in [3.8, 4) is 21.7 Å². The third-order valence-corrected chi connectivity index (χ3v) is 13.4. The molecule has 0 fully saturated rings. The lowest BCUT2D eigenvalue weighted by molar-refractivity contribution is 0.669. The van der Waals surface area contributed by atoms with Gasteiger partial charge in [-0.2, -0.15) is 0 Å². The van der Waals surface area contributed by atoms with Crippen LogP contribution in [0.4, 0.5) is 17.1 Å². The minimum Gasteiger partial charge on any atom is -0.456 e. The Bertz CT molecular complexity index is 3370. The maximum atomic E-state index is 6.23. The zero-order chi connectivity index (χ0) is 36.7. The van der Waals surface area contributed by atoms with Crippen LogP contribution in [-0.2, 0) is 0 Å². The van der Waals surface area contributed by atoms with E-state index in [0.29, 0.717) is 0 Å². The average Bonchev–Trinajstić information content (AvgIpc) is 3.97. The van der Waals surface area contributed by atoms with Crippen molar-refractivity contribution in [3.05, 3.63) is 182 Å². The molecule has 0 radical (unpaired) electrons. The van der Waals surface area contributed by atoms with Gasteiger partial charge in [0.25, 0.3) is 0 Å². The van der Waals surface area contributed by atoms with Gasteiger partial charge in [0.1, 0.15) is 16.2 Å². The van der Waals surface area contributed by atoms with Crippen LogP contribution in [0.2, 0.25) is 0 Å². The highest BCUT2D eigenvalue weighted by Gasteiger charge is 2.18. The fraction of sp³-hybridized carbons (Fsp3) is 0. The molecular formula is C51H30N2OS2. The van der Waals surface area contributed by atoms with Crippen molar-refractivity contribution in [2.45, 2.75) is 0 Å². The molecule has 0 aliphatic heterocycles. The molecule has 12 rings (SSSR count). The molecule has 262 valence electrons. The third kappa shape index (κ3) is 4.98. The molecule has 0 spiro atoms. The Balaban J connectivity index is 0.970. The van der Waals surface area contributed by atoms with Gasteiger partial charge in [0.05, 0.1) is 10.2 Å². The van der Waals surface area contributed by atoms with Gasteiger partial charge >= 0.3 is 0 Å². The Hall–Kier alpha value is -6.79. The van der Waals surface area contributed by atoms with Gasteiger partial charge in [0.15, 0.2) is 0 Å². The number of nitrogens with zero attached hydrogens (tertiary/aromatic N) is 2. The van der Waals surface area contributed by atoms with Crippen LogP contribution in [0.15, 0.2) is 186 Å². The van der Waals surface area contributed by atoms with E-state index in [1.807, 2.05) is 23.5 Å². The zero-order valence-electron chi connectivity index (χ0n) is 29.9. The van der Waals surface area contributed by atoms with Crippen molar-refractivity contribution >= 4 is 114 Å². The van der Waals surface area contributed by atoms with Crippen LogP contribution in [0.3, 0.4) is 0 Å². The minimum atomic E-state index is 0.890. The SMILES string of the molecule is c1ccc(-c2nc3ccc4ccc5cc(-c6ccc(N(c7ccc8oc9ccccc9c8c7)c7ccc8sc9ccccc9c8c7)cc6)ccc5c4c3s2)cc1. The van der Waals surface area contributed by atoms with Crippen molar-refractivity contribution in [1.29, 1.82) is 0 Å². The first kappa shape index (κ1) is 31.5. The van der Waals surface area contributed by atoms with Crippen LogP contribution in [0.1, 0.15) is 0 Å². The molecule has 3 nitrogen and oxygen atoms in total. The smallest absolute Gasteiger partial charge is 0.135 e. The number of fused-ring (bicyclic) bond motifs is 11. The number of anilines is 3. The number of rotatable bonds is 5. The van der Waals surface area contributed by atoms with Gasteiger partial charge in [0, 0.05) is 59.0 Å². The molecule has 0 atom stereocenters. The predicted octanol–water partition coefficient (Wildman–Crippen LogP) is 15.7. The minimum absolute atomic E-state index is 0.890. The number of furan rings is 1. The van der Waals surface area contributed by atoms with Gasteiger partial charge in [0.2, 0.25) is 0 Å². The van der Waals surface area contributed by atoms with Crippen molar-refractivity contribution in [2.75, 3.05) is 4.90 Å². The van der Waals surface area contributed by atoms with E-state index in [2.05, 4.69) is 175 Å². The molecule has 3 heterocycles. The predicted molar refractivity (Wildman–Crippen MR) is 240 cm³/mol. The van der Waals surface area contributed by atoms with E-state index in [0.717, 1.165) is 55.1 Å². The summed E-state index contributed by atoms with van der Waals surface area (Å²) in [5, 5.41) is 10.8. The quantitative estimate of drug-likeness (QED) is 0.164. The Morgan fingerprint density at radius 2 is 1.09 bits per heavy atom. The molecular weight excluding hydrogens is 721 g/mol. The number of thiophene rings is 1. The summed E-state index contributed by atoms with van der Waals surface area (Å²) >= 11 is 3.62. The number of benzene rings is 9. The van der Waals surface area contributed by atoms with Gasteiger partial charge < -0.3 is 9.32 Å². The number of aromatic nitrogens is 1. The highest BCUT2D eigenvalue weighted by atomic mass is 32.1. The summed E-state index contributed by atoms with van der Waals surface area (Å²) in [4.78, 5) is 7.40. The van der Waals surface area contributed by atoms with E-state index in [1.54, 1.807) is 11.3 Å². The van der Waals surface area contributed by atoms with Gasteiger partial charge in [-0.25, -0.2) is 4.98 Å². The highest BCUT2D eigenvalue weighted by molar-refractivity contribution is 7.25. The van der Waals surface area contributed by atoms with Crippen LogP contribution >= 0.6 is 22.7 Å². The standard InChI is InChI=1S/C51H30N2OS2/c1-2-8-33(9-3-1)51-52-44-25-19-32-14-15-35-28-34(18-24-39(35)49(32)50(44)56-51)31-16-20-36(21-17-31)53(37-22-26-46-42(29-37)40-10-4-6-12-45(40)54-46)38-23-27-48-43(30-38)41-11-5-7-13-47(41)55-48/h1-30H. The van der Waals surface area contributed by atoms with E-state index in [1.165, 1.54) is 57.5 Å². The van der Waals surface area contributed by atoms with Crippen LogP contribution < -0.4 is 4.90 Å². The summed E-state index contributed by atoms with van der Waals surface area (Å²) in [5.74, 6) is 0. The number of para-hydroxylation sites is 1. The van der Waals surface area contributed by atoms with Gasteiger partial charge in [-0.15, -0.1) is 22.7 Å². The van der Waals surface area contributed by atoms with Crippen LogP contribution in [0, 0.1) is 0 Å². The second-order valence-electron chi connectivity index (χ2n) is 14.3. The third-order valence-electron chi connectivity index (χ3n) is 11.1. The molecule has 0 N–H and O–H groups in total. The largest absolute Gasteiger partial charge is 0.456 e. The number of hydrogen-bond acceptors (Lipinski definition) is 5. The molecule has 0 saturated heterocycles. The summed E-state index contributed by atoms with van der Waals surface area (Å²) in [6.45, 7) is 0. The molecule has 12 aromatic rings. The zero-order valence-corrected chi connectivity index (χ0v) is 31.6. The Morgan fingerprint density at radius 1 is 0.411 bits per heavy atom. The lowest BCUT2D eigenvalue weighted by Gasteiger charge is -2.26. The van der Waals surface area contributed by atoms with Crippen LogP contribution in [0.25, 0.3) is 95.6 Å². The topological polar surface area (TPSA) is 29.3 Å². The lowest BCUT2D eigenvalue weighted by atomic mass is 9.97. The first-order chi connectivity index (χ1) is 27.7. The summed E-state index contributed by atoms with van der Waals surface area (Å²) < 4.78 is 10.1. The molecule has 3 aromatic heterocycles. The van der Waals surface area contributed by atoms with Gasteiger partial charge in [-0.3, -0.25) is 0 Å². The Morgan fingerprint density at radius 3 is 1.98 bits per heavy atom. The van der Waals surface area contributed by atoms with E-state index in [9.17, 15) is 0 Å². The van der Waals surface area contributed by atoms with E-state index >= 15 is 0 Å². The maximum absolute atomic E-state index is 6.23. The second-order valence-corrected chi connectivity index (χ2v) is 16.4. The van der Waals surface area contributed by atoms with Crippen LogP contribution in [-0.4, -0.2) is 4.98 Å². The first-order valence-electron chi connectivity index (χ1n) is 18.8. The normalized spacial score (nSPS) is 11.9. The molecule has 5 heteroatoms. The lowest BCUT2D eigenvalue weighted by Crippen LogP contribution is -2.09. The number of thiazole rings is 1. The maximum Gasteiger partial charge on any atom is 0.135 e. The summed E-state index contributed by atoms with van der Waals surface area (Å²) in [6.07, 6.45) is 0. The molecule has 0 amide bonds.